The van der Waals surface area contributed by atoms with Crippen molar-refractivity contribution in [3.05, 3.63) is 52.0 Å². The highest BCUT2D eigenvalue weighted by molar-refractivity contribution is 7.10. The molecule has 2 rings (SSSR count). The number of benzene rings is 1. The van der Waals surface area contributed by atoms with Crippen LogP contribution in [0.3, 0.4) is 0 Å². The van der Waals surface area contributed by atoms with Crippen LogP contribution >= 0.6 is 11.3 Å². The van der Waals surface area contributed by atoms with Crippen molar-refractivity contribution in [1.29, 1.82) is 0 Å². The molecular formula is C18H22BrNO2S. The molecule has 3 nitrogen and oxygen atoms in total. The first-order valence-electron chi connectivity index (χ1n) is 7.20. The molecule has 0 fully saturated rings. The first-order chi connectivity index (χ1) is 10.2. The number of hydrogen-bond acceptors (Lipinski definition) is 3. The highest BCUT2D eigenvalue weighted by atomic mass is 79.9. The number of aromatic nitrogens is 1. The van der Waals surface area contributed by atoms with Crippen LogP contribution in [0.1, 0.15) is 47.3 Å². The number of Topliss-reactive ketones (excluding diaryl/α,β-unsaturated/α-hetero) is 1. The summed E-state index contributed by atoms with van der Waals surface area (Å²) in [6.07, 6.45) is 1.80. The lowest BCUT2D eigenvalue weighted by molar-refractivity contribution is -0.684. The summed E-state index contributed by atoms with van der Waals surface area (Å²) in [5.74, 6) is 0.268. The summed E-state index contributed by atoms with van der Waals surface area (Å²) >= 11 is 1.58. The Morgan fingerprint density at radius 3 is 2.57 bits per heavy atom. The van der Waals surface area contributed by atoms with Gasteiger partial charge in [-0.3, -0.25) is 4.79 Å². The third-order valence-electron chi connectivity index (χ3n) is 3.72. The molecule has 0 aliphatic rings. The van der Waals surface area contributed by atoms with E-state index in [9.17, 15) is 9.90 Å². The molecular weight excluding hydrogens is 374 g/mol. The third kappa shape index (κ3) is 4.30. The standard InChI is InChI=1S/C18H21NO2S.BrH/c1-6-17-12(2)19(11-22-17)10-16(21)13-7-8-15(20)14(9-13)18(3,4)5;/h6-9,11H,1,10H2,2-5H3;1H. The molecule has 0 atom stereocenters. The number of phenolic OH excluding ortho intramolecular Hbond substituents is 1. The Labute approximate surface area is 152 Å². The Morgan fingerprint density at radius 2 is 2.04 bits per heavy atom. The van der Waals surface area contributed by atoms with E-state index in [0.29, 0.717) is 12.1 Å². The normalized spacial score (nSPS) is 11.0. The van der Waals surface area contributed by atoms with Crippen LogP contribution in [0.4, 0.5) is 0 Å². The van der Waals surface area contributed by atoms with E-state index in [-0.39, 0.29) is 33.9 Å². The summed E-state index contributed by atoms with van der Waals surface area (Å²) < 4.78 is 1.94. The number of nitrogens with zero attached hydrogens (tertiary/aromatic N) is 1. The van der Waals surface area contributed by atoms with Gasteiger partial charge in [0.25, 0.3) is 0 Å². The zero-order valence-electron chi connectivity index (χ0n) is 13.9. The summed E-state index contributed by atoms with van der Waals surface area (Å²) in [5.41, 5.74) is 4.19. The summed E-state index contributed by atoms with van der Waals surface area (Å²) in [7, 11) is 0. The molecule has 0 saturated carbocycles. The SMILES string of the molecule is C=Cc1sc[n+](CC(=O)c2ccc(O)c(C(C)(C)C)c2)c1C.[Br-]. The van der Waals surface area contributed by atoms with Crippen molar-refractivity contribution in [2.75, 3.05) is 0 Å². The molecule has 0 aliphatic carbocycles. The molecule has 23 heavy (non-hydrogen) atoms. The lowest BCUT2D eigenvalue weighted by atomic mass is 9.85. The number of thiazole rings is 1. The van der Waals surface area contributed by atoms with Gasteiger partial charge in [-0.25, -0.2) is 0 Å². The number of halogens is 1. The number of rotatable bonds is 4. The predicted molar refractivity (Wildman–Crippen MR) is 90.5 cm³/mol. The molecule has 124 valence electrons. The largest absolute Gasteiger partial charge is 1.00 e. The van der Waals surface area contributed by atoms with Crippen LogP contribution in [0.25, 0.3) is 6.08 Å². The fraction of sp³-hybridized carbons (Fsp3) is 0.333. The van der Waals surface area contributed by atoms with Crippen LogP contribution in [-0.2, 0) is 12.0 Å². The fourth-order valence-electron chi connectivity index (χ4n) is 2.33. The van der Waals surface area contributed by atoms with E-state index in [0.717, 1.165) is 16.1 Å². The van der Waals surface area contributed by atoms with Gasteiger partial charge in [-0.15, -0.1) is 0 Å². The van der Waals surface area contributed by atoms with Crippen LogP contribution in [-0.4, -0.2) is 10.9 Å². The highest BCUT2D eigenvalue weighted by Crippen LogP contribution is 2.31. The topological polar surface area (TPSA) is 41.2 Å². The van der Waals surface area contributed by atoms with E-state index in [1.54, 1.807) is 35.6 Å². The number of hydrogen-bond donors (Lipinski definition) is 1. The van der Waals surface area contributed by atoms with E-state index in [4.69, 9.17) is 0 Å². The van der Waals surface area contributed by atoms with Gasteiger partial charge in [-0.1, -0.05) is 38.7 Å². The lowest BCUT2D eigenvalue weighted by Crippen LogP contribution is -3.00. The minimum absolute atomic E-state index is 0. The van der Waals surface area contributed by atoms with Gasteiger partial charge in [0.15, 0.2) is 5.69 Å². The van der Waals surface area contributed by atoms with E-state index in [1.165, 1.54) is 0 Å². The lowest BCUT2D eigenvalue weighted by Gasteiger charge is -2.20. The maximum Gasteiger partial charge on any atom is 0.227 e. The minimum atomic E-state index is -0.207. The van der Waals surface area contributed by atoms with Gasteiger partial charge in [0.2, 0.25) is 17.8 Å². The van der Waals surface area contributed by atoms with Crippen LogP contribution in [0, 0.1) is 6.92 Å². The Balaban J connectivity index is 0.00000264. The van der Waals surface area contributed by atoms with Gasteiger partial charge in [0, 0.05) is 12.5 Å². The molecule has 0 spiro atoms. The van der Waals surface area contributed by atoms with Crippen molar-refractivity contribution in [1.82, 2.24) is 0 Å². The second-order valence-corrected chi connectivity index (χ2v) is 7.30. The first kappa shape index (κ1) is 19.6. The average Bonchev–Trinajstić information content (AvgIpc) is 2.78. The molecule has 5 heteroatoms. The quantitative estimate of drug-likeness (QED) is 0.616. The van der Waals surface area contributed by atoms with Crippen LogP contribution in [0.2, 0.25) is 0 Å². The second kappa shape index (κ2) is 7.41. The third-order valence-corrected chi connectivity index (χ3v) is 4.80. The molecule has 0 bridgehead atoms. The van der Waals surface area contributed by atoms with Crippen LogP contribution in [0.5, 0.6) is 5.75 Å². The molecule has 1 N–H and O–H groups in total. The molecule has 1 aromatic carbocycles. The van der Waals surface area contributed by atoms with Gasteiger partial charge in [0.05, 0.1) is 4.88 Å². The summed E-state index contributed by atoms with van der Waals surface area (Å²) in [6.45, 7) is 12.1. The Kier molecular flexibility index (Phi) is 6.31. The van der Waals surface area contributed by atoms with Gasteiger partial charge in [-0.05, 0) is 35.3 Å². The molecule has 0 amide bonds. The number of aromatic hydroxyl groups is 1. The second-order valence-electron chi connectivity index (χ2n) is 6.41. The molecule has 0 aliphatic heterocycles. The Morgan fingerprint density at radius 1 is 1.39 bits per heavy atom. The summed E-state index contributed by atoms with van der Waals surface area (Å²) in [4.78, 5) is 13.6. The molecule has 0 saturated heterocycles. The maximum atomic E-state index is 12.5. The number of ketones is 1. The van der Waals surface area contributed by atoms with Crippen LogP contribution < -0.4 is 21.5 Å². The summed E-state index contributed by atoms with van der Waals surface area (Å²) in [6, 6.07) is 5.09. The van der Waals surface area contributed by atoms with E-state index in [1.807, 2.05) is 37.8 Å². The maximum absolute atomic E-state index is 12.5. The number of carbonyl (C=O) groups is 1. The highest BCUT2D eigenvalue weighted by Gasteiger charge is 2.22. The van der Waals surface area contributed by atoms with Crippen molar-refractivity contribution >= 4 is 23.2 Å². The predicted octanol–water partition coefficient (Wildman–Crippen LogP) is 0.877. The van der Waals surface area contributed by atoms with Crippen LogP contribution in [0.15, 0.2) is 30.3 Å². The Bertz CT molecular complexity index is 729. The van der Waals surface area contributed by atoms with Gasteiger partial charge >= 0.3 is 0 Å². The van der Waals surface area contributed by atoms with Gasteiger partial charge < -0.3 is 22.1 Å². The summed E-state index contributed by atoms with van der Waals surface area (Å²) in [5, 5.41) is 10.00. The van der Waals surface area contributed by atoms with Crippen molar-refractivity contribution in [2.45, 2.75) is 39.7 Å². The molecule has 0 radical (unpaired) electrons. The number of phenols is 1. The molecule has 1 heterocycles. The zero-order valence-corrected chi connectivity index (χ0v) is 16.3. The van der Waals surface area contributed by atoms with Crippen molar-refractivity contribution in [3.63, 3.8) is 0 Å². The van der Waals surface area contributed by atoms with E-state index < -0.39 is 0 Å². The molecule has 1 aromatic heterocycles. The van der Waals surface area contributed by atoms with Gasteiger partial charge in [-0.2, -0.15) is 4.57 Å². The van der Waals surface area contributed by atoms with Crippen molar-refractivity contribution < 1.29 is 31.4 Å². The Hall–Kier alpha value is -1.46. The van der Waals surface area contributed by atoms with E-state index in [2.05, 4.69) is 6.58 Å². The van der Waals surface area contributed by atoms with Crippen molar-refractivity contribution in [3.8, 4) is 5.75 Å². The smallest absolute Gasteiger partial charge is 0.227 e. The van der Waals surface area contributed by atoms with Crippen molar-refractivity contribution in [2.24, 2.45) is 0 Å². The zero-order chi connectivity index (χ0) is 16.5. The number of carbonyl (C=O) groups excluding carboxylic acids is 1. The molecule has 0 unspecified atom stereocenters. The molecule has 2 aromatic rings. The average molecular weight is 396 g/mol. The fourth-order valence-corrected chi connectivity index (χ4v) is 3.19. The first-order valence-corrected chi connectivity index (χ1v) is 8.08. The minimum Gasteiger partial charge on any atom is -1.00 e. The van der Waals surface area contributed by atoms with Gasteiger partial charge in [0.1, 0.15) is 5.75 Å². The monoisotopic (exact) mass is 395 g/mol. The van der Waals surface area contributed by atoms with E-state index >= 15 is 0 Å².